The Morgan fingerprint density at radius 3 is 2.87 bits per heavy atom. The van der Waals surface area contributed by atoms with Crippen LogP contribution < -0.4 is 5.32 Å². The van der Waals surface area contributed by atoms with Crippen molar-refractivity contribution in [3.8, 4) is 11.3 Å². The predicted molar refractivity (Wildman–Crippen MR) is 86.0 cm³/mol. The van der Waals surface area contributed by atoms with Gasteiger partial charge in [-0.15, -0.1) is 6.58 Å². The average molecular weight is 311 g/mol. The maximum Gasteiger partial charge on any atom is 0.259 e. The van der Waals surface area contributed by atoms with Crippen molar-refractivity contribution >= 4 is 17.0 Å². The van der Waals surface area contributed by atoms with Crippen LogP contribution in [0.3, 0.4) is 0 Å². The number of aryl methyl sites for hydroxylation is 3. The van der Waals surface area contributed by atoms with Gasteiger partial charge in [0.25, 0.3) is 11.6 Å². The van der Waals surface area contributed by atoms with Crippen molar-refractivity contribution < 1.29 is 9.32 Å². The fraction of sp³-hybridized carbons (Fsp3) is 0.250. The van der Waals surface area contributed by atoms with Crippen LogP contribution in [-0.2, 0) is 7.05 Å². The summed E-state index contributed by atoms with van der Waals surface area (Å²) in [5.74, 6) is -0.216. The first kappa shape index (κ1) is 15.0. The molecule has 0 aliphatic heterocycles. The molecule has 0 aliphatic carbocycles. The van der Waals surface area contributed by atoms with Crippen LogP contribution in [0.4, 0.5) is 0 Å². The summed E-state index contributed by atoms with van der Waals surface area (Å²) in [6.45, 7) is 7.67. The number of carbonyl (C=O) groups excluding carboxylic acids is 1. The van der Waals surface area contributed by atoms with E-state index in [1.807, 2.05) is 20.2 Å². The summed E-state index contributed by atoms with van der Waals surface area (Å²) in [4.78, 5) is 16.9. The number of aromatic nitrogens is 4. The van der Waals surface area contributed by atoms with Crippen LogP contribution >= 0.6 is 0 Å². The summed E-state index contributed by atoms with van der Waals surface area (Å²) in [7, 11) is 1.84. The molecule has 3 rings (SSSR count). The van der Waals surface area contributed by atoms with Crippen LogP contribution in [0, 0.1) is 13.8 Å². The number of amides is 1. The lowest BCUT2D eigenvalue weighted by molar-refractivity contribution is 0.0959. The molecule has 0 atom stereocenters. The number of fused-ring (bicyclic) bond motifs is 1. The molecule has 0 aromatic carbocycles. The van der Waals surface area contributed by atoms with Gasteiger partial charge in [0, 0.05) is 25.4 Å². The van der Waals surface area contributed by atoms with Crippen LogP contribution in [0.1, 0.15) is 21.7 Å². The second-order valence-electron chi connectivity index (χ2n) is 5.30. The lowest BCUT2D eigenvalue weighted by Crippen LogP contribution is -2.23. The topological polar surface area (TPSA) is 85.8 Å². The van der Waals surface area contributed by atoms with E-state index in [4.69, 9.17) is 4.52 Å². The first-order valence-electron chi connectivity index (χ1n) is 7.18. The molecular formula is C16H17N5O2. The van der Waals surface area contributed by atoms with Crippen molar-refractivity contribution in [1.82, 2.24) is 25.2 Å². The van der Waals surface area contributed by atoms with Crippen LogP contribution in [0.2, 0.25) is 0 Å². The highest BCUT2D eigenvalue weighted by Crippen LogP contribution is 2.28. The Morgan fingerprint density at radius 2 is 2.22 bits per heavy atom. The lowest BCUT2D eigenvalue weighted by atomic mass is 10.1. The van der Waals surface area contributed by atoms with Gasteiger partial charge in [-0.2, -0.15) is 5.10 Å². The molecule has 3 aromatic rings. The first-order valence-corrected chi connectivity index (χ1v) is 7.18. The molecule has 1 amide bonds. The largest absolute Gasteiger partial charge is 0.349 e. The zero-order valence-electron chi connectivity index (χ0n) is 13.3. The summed E-state index contributed by atoms with van der Waals surface area (Å²) < 4.78 is 6.97. The van der Waals surface area contributed by atoms with E-state index in [2.05, 4.69) is 27.1 Å². The van der Waals surface area contributed by atoms with Gasteiger partial charge in [0.1, 0.15) is 0 Å². The second-order valence-corrected chi connectivity index (χ2v) is 5.30. The molecule has 0 saturated heterocycles. The summed E-state index contributed by atoms with van der Waals surface area (Å²) in [5, 5.41) is 11.6. The molecule has 0 radical (unpaired) electrons. The van der Waals surface area contributed by atoms with Crippen molar-refractivity contribution in [2.24, 2.45) is 7.05 Å². The Hall–Kier alpha value is -2.96. The molecule has 0 bridgehead atoms. The van der Waals surface area contributed by atoms with E-state index in [0.717, 1.165) is 11.3 Å². The average Bonchev–Trinajstić information content (AvgIpc) is 3.06. The van der Waals surface area contributed by atoms with Gasteiger partial charge in [-0.1, -0.05) is 11.2 Å². The Morgan fingerprint density at radius 1 is 1.43 bits per heavy atom. The summed E-state index contributed by atoms with van der Waals surface area (Å²) in [5.41, 5.74) is 3.75. The van der Waals surface area contributed by atoms with Gasteiger partial charge in [-0.3, -0.25) is 9.48 Å². The van der Waals surface area contributed by atoms with Crippen LogP contribution in [0.25, 0.3) is 22.4 Å². The van der Waals surface area contributed by atoms with E-state index < -0.39 is 0 Å². The van der Waals surface area contributed by atoms with Gasteiger partial charge in [-0.25, -0.2) is 4.98 Å². The Labute approximate surface area is 133 Å². The minimum Gasteiger partial charge on any atom is -0.349 e. The third-order valence-corrected chi connectivity index (χ3v) is 3.56. The van der Waals surface area contributed by atoms with Gasteiger partial charge in [-0.05, 0) is 19.9 Å². The Bertz CT molecular complexity index is 907. The van der Waals surface area contributed by atoms with Crippen LogP contribution in [-0.4, -0.2) is 32.4 Å². The SMILES string of the molecule is C=CCNC(=O)c1cc(-c2cn(C)nc2C)nc2onc(C)c12. The number of hydrogen-bond donors (Lipinski definition) is 1. The predicted octanol–water partition coefficient (Wildman–Crippen LogP) is 2.16. The number of hydrogen-bond acceptors (Lipinski definition) is 5. The molecule has 0 fully saturated rings. The van der Waals surface area contributed by atoms with Gasteiger partial charge < -0.3 is 9.84 Å². The highest BCUT2D eigenvalue weighted by Gasteiger charge is 2.20. The molecule has 1 N–H and O–H groups in total. The van der Waals surface area contributed by atoms with Crippen LogP contribution in [0.15, 0.2) is 29.4 Å². The molecule has 7 heteroatoms. The van der Waals surface area contributed by atoms with E-state index >= 15 is 0 Å². The quantitative estimate of drug-likeness (QED) is 0.746. The third-order valence-electron chi connectivity index (χ3n) is 3.56. The van der Waals surface area contributed by atoms with E-state index in [-0.39, 0.29) is 5.91 Å². The number of carbonyl (C=O) groups is 1. The number of rotatable bonds is 4. The monoisotopic (exact) mass is 311 g/mol. The molecule has 23 heavy (non-hydrogen) atoms. The Kier molecular flexibility index (Phi) is 3.69. The summed E-state index contributed by atoms with van der Waals surface area (Å²) >= 11 is 0. The molecule has 3 aromatic heterocycles. The summed E-state index contributed by atoms with van der Waals surface area (Å²) in [6, 6.07) is 1.75. The maximum absolute atomic E-state index is 12.5. The van der Waals surface area contributed by atoms with Crippen molar-refractivity contribution in [2.45, 2.75) is 13.8 Å². The fourth-order valence-electron chi connectivity index (χ4n) is 2.52. The Balaban J connectivity index is 2.20. The van der Waals surface area contributed by atoms with Gasteiger partial charge in [0.15, 0.2) is 0 Å². The zero-order valence-corrected chi connectivity index (χ0v) is 13.3. The zero-order chi connectivity index (χ0) is 16.6. The number of pyridine rings is 1. The standard InChI is InChI=1S/C16H17N5O2/c1-5-6-17-15(22)11-7-13(12-8-21(4)19-9(12)2)18-16-14(11)10(3)20-23-16/h5,7-8H,1,6H2,2-4H3,(H,17,22). The maximum atomic E-state index is 12.5. The van der Waals surface area contributed by atoms with Gasteiger partial charge in [0.05, 0.1) is 28.0 Å². The molecule has 3 heterocycles. The highest BCUT2D eigenvalue weighted by atomic mass is 16.5. The summed E-state index contributed by atoms with van der Waals surface area (Å²) in [6.07, 6.45) is 3.49. The molecule has 0 unspecified atom stereocenters. The molecule has 0 saturated carbocycles. The molecular weight excluding hydrogens is 294 g/mol. The molecule has 7 nitrogen and oxygen atoms in total. The van der Waals surface area contributed by atoms with Gasteiger partial charge >= 0.3 is 0 Å². The molecule has 118 valence electrons. The van der Waals surface area contributed by atoms with E-state index in [9.17, 15) is 4.79 Å². The number of nitrogens with zero attached hydrogens (tertiary/aromatic N) is 4. The smallest absolute Gasteiger partial charge is 0.259 e. The minimum atomic E-state index is -0.216. The van der Waals surface area contributed by atoms with Gasteiger partial charge in [0.2, 0.25) is 0 Å². The van der Waals surface area contributed by atoms with E-state index in [1.165, 1.54) is 0 Å². The first-order chi connectivity index (χ1) is 11.0. The fourth-order valence-corrected chi connectivity index (χ4v) is 2.52. The van der Waals surface area contributed by atoms with E-state index in [0.29, 0.717) is 34.6 Å². The van der Waals surface area contributed by atoms with E-state index in [1.54, 1.807) is 23.7 Å². The highest BCUT2D eigenvalue weighted by molar-refractivity contribution is 6.07. The molecule has 0 spiro atoms. The van der Waals surface area contributed by atoms with Crippen molar-refractivity contribution in [1.29, 1.82) is 0 Å². The van der Waals surface area contributed by atoms with Crippen molar-refractivity contribution in [2.75, 3.05) is 6.54 Å². The number of nitrogens with one attached hydrogen (secondary N) is 1. The second kappa shape index (κ2) is 5.68. The lowest BCUT2D eigenvalue weighted by Gasteiger charge is -2.06. The van der Waals surface area contributed by atoms with Crippen molar-refractivity contribution in [3.05, 3.63) is 41.9 Å². The third kappa shape index (κ3) is 2.61. The van der Waals surface area contributed by atoms with Crippen molar-refractivity contribution in [3.63, 3.8) is 0 Å². The van der Waals surface area contributed by atoms with Crippen LogP contribution in [0.5, 0.6) is 0 Å². The molecule has 0 aliphatic rings. The minimum absolute atomic E-state index is 0.216. The normalized spacial score (nSPS) is 10.9.